The minimum atomic E-state index is -0.775. The van der Waals surface area contributed by atoms with Crippen LogP contribution in [0.2, 0.25) is 0 Å². The maximum atomic E-state index is 12.1. The Bertz CT molecular complexity index is 332. The molecule has 1 atom stereocenters. The minimum Gasteiger partial charge on any atom is -0.467 e. The highest BCUT2D eigenvalue weighted by Crippen LogP contribution is 2.29. The fraction of sp³-hybridized carbons (Fsp3) is 0.857. The summed E-state index contributed by atoms with van der Waals surface area (Å²) < 4.78 is 4.89. The van der Waals surface area contributed by atoms with Crippen molar-refractivity contribution < 1.29 is 14.3 Å². The van der Waals surface area contributed by atoms with Crippen LogP contribution >= 0.6 is 0 Å². The number of carbonyl (C=O) groups is 2. The number of esters is 1. The normalized spacial score (nSPS) is 25.8. The van der Waals surface area contributed by atoms with Gasteiger partial charge in [0.25, 0.3) is 0 Å². The van der Waals surface area contributed by atoms with Crippen LogP contribution in [0.1, 0.15) is 51.4 Å². The van der Waals surface area contributed by atoms with Crippen molar-refractivity contribution in [2.75, 3.05) is 13.7 Å². The lowest BCUT2D eigenvalue weighted by atomic mass is 9.81. The zero-order valence-corrected chi connectivity index (χ0v) is 11.7. The molecule has 1 unspecified atom stereocenters. The van der Waals surface area contributed by atoms with Crippen molar-refractivity contribution in [1.29, 1.82) is 0 Å². The molecule has 0 radical (unpaired) electrons. The molecule has 0 aromatic rings. The Labute approximate surface area is 114 Å². The van der Waals surface area contributed by atoms with Gasteiger partial charge in [-0.1, -0.05) is 19.3 Å². The monoisotopic (exact) mass is 268 g/mol. The molecule has 1 heterocycles. The molecule has 1 saturated carbocycles. The first-order chi connectivity index (χ1) is 9.16. The van der Waals surface area contributed by atoms with Gasteiger partial charge >= 0.3 is 5.97 Å². The molecule has 0 bridgehead atoms. The Morgan fingerprint density at radius 1 is 1.26 bits per heavy atom. The molecule has 19 heavy (non-hydrogen) atoms. The van der Waals surface area contributed by atoms with Crippen molar-refractivity contribution >= 4 is 11.9 Å². The van der Waals surface area contributed by atoms with Crippen molar-refractivity contribution in [3.05, 3.63) is 0 Å². The topological polar surface area (TPSA) is 67.4 Å². The Hall–Kier alpha value is -1.10. The molecule has 2 N–H and O–H groups in total. The van der Waals surface area contributed by atoms with E-state index in [0.29, 0.717) is 19.3 Å². The average Bonchev–Trinajstić information content (AvgIpc) is 2.91. The van der Waals surface area contributed by atoms with Gasteiger partial charge in [0.1, 0.15) is 5.54 Å². The van der Waals surface area contributed by atoms with Crippen molar-refractivity contribution in [2.24, 2.45) is 0 Å². The molecule has 2 rings (SSSR count). The van der Waals surface area contributed by atoms with Crippen LogP contribution in [0.25, 0.3) is 0 Å². The second-order valence-electron chi connectivity index (χ2n) is 5.68. The number of hydrogen-bond donors (Lipinski definition) is 2. The van der Waals surface area contributed by atoms with Crippen LogP contribution in [-0.2, 0) is 14.3 Å². The van der Waals surface area contributed by atoms with E-state index in [9.17, 15) is 9.59 Å². The molecule has 0 aromatic carbocycles. The number of methoxy groups -OCH3 is 1. The van der Waals surface area contributed by atoms with Crippen LogP contribution < -0.4 is 10.6 Å². The van der Waals surface area contributed by atoms with Gasteiger partial charge in [0.05, 0.1) is 7.11 Å². The zero-order chi connectivity index (χ0) is 13.7. The van der Waals surface area contributed by atoms with Crippen LogP contribution in [0, 0.1) is 0 Å². The summed E-state index contributed by atoms with van der Waals surface area (Å²) in [7, 11) is 1.39. The lowest BCUT2D eigenvalue weighted by molar-refractivity contribution is -0.152. The zero-order valence-electron chi connectivity index (χ0n) is 11.7. The van der Waals surface area contributed by atoms with Gasteiger partial charge in [0, 0.05) is 12.5 Å². The van der Waals surface area contributed by atoms with E-state index in [1.807, 2.05) is 0 Å². The summed E-state index contributed by atoms with van der Waals surface area (Å²) in [6.07, 6.45) is 7.08. The number of hydrogen-bond acceptors (Lipinski definition) is 4. The van der Waals surface area contributed by atoms with E-state index in [1.54, 1.807) is 0 Å². The third kappa shape index (κ3) is 3.47. The van der Waals surface area contributed by atoms with E-state index in [2.05, 4.69) is 10.6 Å². The maximum absolute atomic E-state index is 12.1. The standard InChI is InChI=1S/C14H24N2O3/c1-19-13(18)14(7-3-2-4-8-14)16-12(17)10-11-6-5-9-15-11/h11,15H,2-10H2,1H3,(H,16,17). The molecule has 108 valence electrons. The molecule has 0 aromatic heterocycles. The summed E-state index contributed by atoms with van der Waals surface area (Å²) in [4.78, 5) is 24.1. The number of ether oxygens (including phenoxy) is 1. The fourth-order valence-corrected chi connectivity index (χ4v) is 3.20. The van der Waals surface area contributed by atoms with E-state index in [0.717, 1.165) is 38.6 Å². The first kappa shape index (κ1) is 14.3. The van der Waals surface area contributed by atoms with E-state index in [4.69, 9.17) is 4.74 Å². The molecule has 2 aliphatic rings. The van der Waals surface area contributed by atoms with Crippen LogP contribution in [0.3, 0.4) is 0 Å². The summed E-state index contributed by atoms with van der Waals surface area (Å²) in [6.45, 7) is 0.986. The first-order valence-corrected chi connectivity index (χ1v) is 7.29. The number of rotatable bonds is 4. The van der Waals surface area contributed by atoms with Crippen molar-refractivity contribution in [2.45, 2.75) is 62.9 Å². The molecule has 1 aliphatic heterocycles. The van der Waals surface area contributed by atoms with Crippen LogP contribution in [0.5, 0.6) is 0 Å². The molecule has 5 heteroatoms. The Morgan fingerprint density at radius 3 is 2.58 bits per heavy atom. The highest BCUT2D eigenvalue weighted by molar-refractivity contribution is 5.88. The molecular weight excluding hydrogens is 244 g/mol. The molecule has 5 nitrogen and oxygen atoms in total. The van der Waals surface area contributed by atoms with Crippen LogP contribution in [0.4, 0.5) is 0 Å². The fourth-order valence-electron chi connectivity index (χ4n) is 3.20. The van der Waals surface area contributed by atoms with Gasteiger partial charge in [-0.2, -0.15) is 0 Å². The molecule has 1 saturated heterocycles. The highest BCUT2D eigenvalue weighted by atomic mass is 16.5. The molecule has 2 fully saturated rings. The van der Waals surface area contributed by atoms with Gasteiger partial charge in [-0.3, -0.25) is 4.79 Å². The Balaban J connectivity index is 1.94. The van der Waals surface area contributed by atoms with Crippen LogP contribution in [-0.4, -0.2) is 37.1 Å². The highest BCUT2D eigenvalue weighted by Gasteiger charge is 2.42. The van der Waals surface area contributed by atoms with Crippen molar-refractivity contribution in [3.8, 4) is 0 Å². The van der Waals surface area contributed by atoms with Crippen molar-refractivity contribution in [3.63, 3.8) is 0 Å². The van der Waals surface area contributed by atoms with E-state index in [1.165, 1.54) is 7.11 Å². The average molecular weight is 268 g/mol. The van der Waals surface area contributed by atoms with Gasteiger partial charge in [0.2, 0.25) is 5.91 Å². The predicted molar refractivity (Wildman–Crippen MR) is 71.6 cm³/mol. The predicted octanol–water partition coefficient (Wildman–Crippen LogP) is 1.12. The second kappa shape index (κ2) is 6.37. The Kier molecular flexibility index (Phi) is 4.80. The Morgan fingerprint density at radius 2 is 2.00 bits per heavy atom. The van der Waals surface area contributed by atoms with E-state index >= 15 is 0 Å². The second-order valence-corrected chi connectivity index (χ2v) is 5.68. The third-order valence-electron chi connectivity index (χ3n) is 4.26. The molecular formula is C14H24N2O3. The van der Waals surface area contributed by atoms with Crippen LogP contribution in [0.15, 0.2) is 0 Å². The molecule has 1 amide bonds. The van der Waals surface area contributed by atoms with Gasteiger partial charge in [-0.25, -0.2) is 4.79 Å². The molecule has 0 spiro atoms. The lowest BCUT2D eigenvalue weighted by Gasteiger charge is -2.35. The summed E-state index contributed by atoms with van der Waals surface area (Å²) >= 11 is 0. The van der Waals surface area contributed by atoms with Gasteiger partial charge < -0.3 is 15.4 Å². The largest absolute Gasteiger partial charge is 0.467 e. The van der Waals surface area contributed by atoms with Crippen molar-refractivity contribution in [1.82, 2.24) is 10.6 Å². The first-order valence-electron chi connectivity index (χ1n) is 7.29. The lowest BCUT2D eigenvalue weighted by Crippen LogP contribution is -2.56. The van der Waals surface area contributed by atoms with Gasteiger partial charge in [0.15, 0.2) is 0 Å². The minimum absolute atomic E-state index is 0.0355. The molecule has 1 aliphatic carbocycles. The summed E-state index contributed by atoms with van der Waals surface area (Å²) in [6, 6.07) is 0.262. The quantitative estimate of drug-likeness (QED) is 0.750. The summed E-state index contributed by atoms with van der Waals surface area (Å²) in [5, 5.41) is 6.26. The number of carbonyl (C=O) groups excluding carboxylic acids is 2. The SMILES string of the molecule is COC(=O)C1(NC(=O)CC2CCCN2)CCCCC1. The summed E-state index contributed by atoms with van der Waals surface area (Å²) in [5.74, 6) is -0.327. The number of amides is 1. The third-order valence-corrected chi connectivity index (χ3v) is 4.26. The van der Waals surface area contributed by atoms with Gasteiger partial charge in [-0.05, 0) is 32.2 Å². The smallest absolute Gasteiger partial charge is 0.331 e. The van der Waals surface area contributed by atoms with E-state index < -0.39 is 5.54 Å². The van der Waals surface area contributed by atoms with Gasteiger partial charge in [-0.15, -0.1) is 0 Å². The van der Waals surface area contributed by atoms with E-state index in [-0.39, 0.29) is 17.9 Å². The summed E-state index contributed by atoms with van der Waals surface area (Å²) in [5.41, 5.74) is -0.775. The number of nitrogens with one attached hydrogen (secondary N) is 2. The maximum Gasteiger partial charge on any atom is 0.331 e.